The summed E-state index contributed by atoms with van der Waals surface area (Å²) in [5, 5.41) is 7.18. The Kier molecular flexibility index (Phi) is 4.46. The van der Waals surface area contributed by atoms with Gasteiger partial charge in [-0.3, -0.25) is 20.4 Å². The van der Waals surface area contributed by atoms with Crippen molar-refractivity contribution in [3.63, 3.8) is 0 Å². The minimum Gasteiger partial charge on any atom is -0.345 e. The number of carbonyl (C=O) groups is 1. The van der Waals surface area contributed by atoms with Crippen LogP contribution < -0.4 is 21.6 Å². The van der Waals surface area contributed by atoms with E-state index in [0.717, 1.165) is 5.69 Å². The zero-order valence-corrected chi connectivity index (χ0v) is 13.9. The van der Waals surface area contributed by atoms with Crippen LogP contribution in [0.25, 0.3) is 5.69 Å². The van der Waals surface area contributed by atoms with Gasteiger partial charge in [0.25, 0.3) is 5.91 Å². The summed E-state index contributed by atoms with van der Waals surface area (Å²) in [5.41, 5.74) is 7.13. The molecule has 2 heterocycles. The number of benzene rings is 1. The van der Waals surface area contributed by atoms with Crippen molar-refractivity contribution in [3.8, 4) is 5.69 Å². The first-order valence-electron chi connectivity index (χ1n) is 7.95. The number of aryl methyl sites for hydroxylation is 1. The van der Waals surface area contributed by atoms with Crippen LogP contribution in [0.1, 0.15) is 30.0 Å². The van der Waals surface area contributed by atoms with Crippen molar-refractivity contribution in [1.82, 2.24) is 25.9 Å². The summed E-state index contributed by atoms with van der Waals surface area (Å²) in [4.78, 5) is 24.8. The second-order valence-electron chi connectivity index (χ2n) is 6.11. The Morgan fingerprint density at radius 3 is 2.42 bits per heavy atom. The van der Waals surface area contributed by atoms with Crippen molar-refractivity contribution in [2.75, 3.05) is 0 Å². The molecule has 0 spiro atoms. The topological polar surface area (TPSA) is 88.1 Å². The van der Waals surface area contributed by atoms with Crippen molar-refractivity contribution >= 4 is 5.91 Å². The van der Waals surface area contributed by atoms with Crippen LogP contribution in [0.4, 0.5) is 0 Å². The van der Waals surface area contributed by atoms with Crippen LogP contribution in [0.3, 0.4) is 0 Å². The number of hydrogen-bond acceptors (Lipinski definition) is 5. The number of amides is 1. The Hall–Kier alpha value is -2.51. The molecule has 0 aliphatic carbocycles. The second kappa shape index (κ2) is 6.54. The molecule has 2 unspecified atom stereocenters. The van der Waals surface area contributed by atoms with Crippen molar-refractivity contribution in [1.29, 1.82) is 0 Å². The molecule has 2 aromatic rings. The van der Waals surface area contributed by atoms with E-state index in [4.69, 9.17) is 0 Å². The lowest BCUT2D eigenvalue weighted by atomic mass is 10.1. The molecule has 0 bridgehead atoms. The van der Waals surface area contributed by atoms with E-state index < -0.39 is 5.91 Å². The van der Waals surface area contributed by atoms with Gasteiger partial charge in [-0.2, -0.15) is 5.10 Å². The van der Waals surface area contributed by atoms with Gasteiger partial charge in [-0.05, 0) is 32.9 Å². The summed E-state index contributed by atoms with van der Waals surface area (Å²) in [5.74, 6) is -0.459. The minimum absolute atomic E-state index is 0.0609. The molecule has 24 heavy (non-hydrogen) atoms. The van der Waals surface area contributed by atoms with Gasteiger partial charge in [0.05, 0.1) is 11.7 Å². The van der Waals surface area contributed by atoms with E-state index in [9.17, 15) is 9.59 Å². The molecule has 1 saturated heterocycles. The molecule has 3 rings (SSSR count). The number of hydrogen-bond donors (Lipinski definition) is 3. The van der Waals surface area contributed by atoms with Crippen LogP contribution in [0.2, 0.25) is 0 Å². The zero-order valence-electron chi connectivity index (χ0n) is 13.9. The second-order valence-corrected chi connectivity index (χ2v) is 6.11. The molecule has 1 aliphatic heterocycles. The Bertz CT molecular complexity index is 792. The van der Waals surface area contributed by atoms with E-state index in [1.54, 1.807) is 11.6 Å². The summed E-state index contributed by atoms with van der Waals surface area (Å²) in [7, 11) is 0. The van der Waals surface area contributed by atoms with Gasteiger partial charge in [-0.1, -0.05) is 18.2 Å². The average Bonchev–Trinajstić information content (AvgIpc) is 2.87. The maximum atomic E-state index is 12.6. The third-order valence-corrected chi connectivity index (χ3v) is 4.24. The quantitative estimate of drug-likeness (QED) is 0.765. The molecule has 1 aromatic heterocycles. The fraction of sp³-hybridized carbons (Fsp3) is 0.353. The number of hydrazine groups is 1. The number of para-hydroxylation sites is 1. The summed E-state index contributed by atoms with van der Waals surface area (Å²) in [6.07, 6.45) is 0. The fourth-order valence-electron chi connectivity index (χ4n) is 2.88. The molecule has 7 heteroatoms. The summed E-state index contributed by atoms with van der Waals surface area (Å²) >= 11 is 0. The summed E-state index contributed by atoms with van der Waals surface area (Å²) in [6, 6.07) is 10.9. The Labute approximate surface area is 140 Å². The highest BCUT2D eigenvalue weighted by molar-refractivity contribution is 5.92. The first-order valence-corrected chi connectivity index (χ1v) is 7.95. The van der Waals surface area contributed by atoms with Crippen LogP contribution in [0.5, 0.6) is 0 Å². The normalized spacial score (nSPS) is 23.2. The highest BCUT2D eigenvalue weighted by Gasteiger charge is 2.32. The number of carbonyl (C=O) groups excluding carboxylic acids is 1. The molecule has 1 aromatic carbocycles. The van der Waals surface area contributed by atoms with Gasteiger partial charge in [-0.25, -0.2) is 4.68 Å². The molecule has 0 radical (unpaired) electrons. The Balaban J connectivity index is 1.93. The first-order chi connectivity index (χ1) is 11.5. The molecule has 1 aliphatic rings. The van der Waals surface area contributed by atoms with Gasteiger partial charge in [-0.15, -0.1) is 0 Å². The standard InChI is InChI=1S/C17H21N5O2/c1-10-9-14(23)16(21-22(10)13-7-5-4-6-8-13)17(24)18-15-11(2)19-20-12(15)3/h4-9,11-12,15,19-20H,1-3H3,(H,18,24). The largest absolute Gasteiger partial charge is 0.345 e. The lowest BCUT2D eigenvalue weighted by Crippen LogP contribution is -2.47. The van der Waals surface area contributed by atoms with Gasteiger partial charge >= 0.3 is 0 Å². The number of nitrogens with zero attached hydrogens (tertiary/aromatic N) is 2. The lowest BCUT2D eigenvalue weighted by molar-refractivity contribution is 0.0923. The number of rotatable bonds is 3. The van der Waals surface area contributed by atoms with E-state index in [-0.39, 0.29) is 29.2 Å². The highest BCUT2D eigenvalue weighted by Crippen LogP contribution is 2.09. The molecule has 1 amide bonds. The maximum Gasteiger partial charge on any atom is 0.276 e. The highest BCUT2D eigenvalue weighted by atomic mass is 16.2. The Morgan fingerprint density at radius 1 is 1.17 bits per heavy atom. The van der Waals surface area contributed by atoms with Crippen molar-refractivity contribution in [3.05, 3.63) is 58.0 Å². The number of nitrogens with one attached hydrogen (secondary N) is 3. The molecule has 126 valence electrons. The van der Waals surface area contributed by atoms with E-state index >= 15 is 0 Å². The smallest absolute Gasteiger partial charge is 0.276 e. The lowest BCUT2D eigenvalue weighted by Gasteiger charge is -2.19. The van der Waals surface area contributed by atoms with Crippen LogP contribution in [0, 0.1) is 6.92 Å². The monoisotopic (exact) mass is 327 g/mol. The molecule has 0 saturated carbocycles. The number of aromatic nitrogens is 2. The molecule has 2 atom stereocenters. The SMILES string of the molecule is Cc1cc(=O)c(C(=O)NC2C(C)NNC2C)nn1-c1ccccc1. The van der Waals surface area contributed by atoms with Crippen molar-refractivity contribution < 1.29 is 4.79 Å². The van der Waals surface area contributed by atoms with Crippen LogP contribution in [0.15, 0.2) is 41.2 Å². The van der Waals surface area contributed by atoms with Crippen LogP contribution >= 0.6 is 0 Å². The average molecular weight is 327 g/mol. The predicted octanol–water partition coefficient (Wildman–Crippen LogP) is 0.524. The Morgan fingerprint density at radius 2 is 1.79 bits per heavy atom. The minimum atomic E-state index is -0.459. The van der Waals surface area contributed by atoms with Gasteiger partial charge in [0.1, 0.15) is 0 Å². The summed E-state index contributed by atoms with van der Waals surface area (Å²) in [6.45, 7) is 5.72. The molecular weight excluding hydrogens is 306 g/mol. The van der Waals surface area contributed by atoms with Gasteiger partial charge < -0.3 is 5.32 Å². The molecular formula is C17H21N5O2. The van der Waals surface area contributed by atoms with Crippen LogP contribution in [-0.4, -0.2) is 33.8 Å². The van der Waals surface area contributed by atoms with E-state index in [0.29, 0.717) is 5.69 Å². The van der Waals surface area contributed by atoms with Crippen molar-refractivity contribution in [2.45, 2.75) is 38.9 Å². The predicted molar refractivity (Wildman–Crippen MR) is 91.0 cm³/mol. The van der Waals surface area contributed by atoms with Crippen LogP contribution in [-0.2, 0) is 0 Å². The van der Waals surface area contributed by atoms with Gasteiger partial charge in [0.15, 0.2) is 5.69 Å². The maximum absolute atomic E-state index is 12.6. The molecule has 3 N–H and O–H groups in total. The fourth-order valence-corrected chi connectivity index (χ4v) is 2.88. The van der Waals surface area contributed by atoms with E-state index in [1.165, 1.54) is 6.07 Å². The van der Waals surface area contributed by atoms with E-state index in [1.807, 2.05) is 44.2 Å². The summed E-state index contributed by atoms with van der Waals surface area (Å²) < 4.78 is 1.61. The first kappa shape index (κ1) is 16.4. The third kappa shape index (κ3) is 3.08. The van der Waals surface area contributed by atoms with Gasteiger partial charge in [0.2, 0.25) is 5.43 Å². The third-order valence-electron chi connectivity index (χ3n) is 4.24. The molecule has 7 nitrogen and oxygen atoms in total. The van der Waals surface area contributed by atoms with Crippen molar-refractivity contribution in [2.24, 2.45) is 0 Å². The van der Waals surface area contributed by atoms with E-state index in [2.05, 4.69) is 21.3 Å². The molecule has 1 fully saturated rings. The zero-order chi connectivity index (χ0) is 17.3. The van der Waals surface area contributed by atoms with Gasteiger partial charge in [0, 0.05) is 23.8 Å².